The molecule has 0 fully saturated rings. The Kier molecular flexibility index (Phi) is 8.53. The first-order valence-corrected chi connectivity index (χ1v) is 9.94. The first-order chi connectivity index (χ1) is 13.9. The summed E-state index contributed by atoms with van der Waals surface area (Å²) in [5, 5.41) is 8.89. The number of hydrogen-bond acceptors (Lipinski definition) is 8. The Morgan fingerprint density at radius 1 is 1.21 bits per heavy atom. The van der Waals surface area contributed by atoms with Gasteiger partial charge in [-0.05, 0) is 31.5 Å². The number of nitrogens with one attached hydrogen (secondary N) is 2. The Balaban J connectivity index is 1.64. The molecule has 1 heterocycles. The molecule has 1 aromatic carbocycles. The number of rotatable bonds is 10. The van der Waals surface area contributed by atoms with Gasteiger partial charge in [0.15, 0.2) is 11.9 Å². The van der Waals surface area contributed by atoms with E-state index >= 15 is 0 Å². The first-order valence-electron chi connectivity index (χ1n) is 8.78. The number of methoxy groups -OCH3 is 1. The number of aromatic nitrogens is 1. The van der Waals surface area contributed by atoms with Crippen LogP contribution in [0.2, 0.25) is 0 Å². The van der Waals surface area contributed by atoms with Crippen molar-refractivity contribution in [3.8, 4) is 5.75 Å². The van der Waals surface area contributed by atoms with Crippen molar-refractivity contribution in [2.24, 2.45) is 0 Å². The molecule has 2 amide bonds. The van der Waals surface area contributed by atoms with Crippen LogP contribution in [0.15, 0.2) is 34.9 Å². The van der Waals surface area contributed by atoms with Crippen LogP contribution in [0, 0.1) is 6.92 Å². The summed E-state index contributed by atoms with van der Waals surface area (Å²) in [6.07, 6.45) is -0.937. The largest absolute Gasteiger partial charge is 0.497 e. The Labute approximate surface area is 172 Å². The number of carbonyl (C=O) groups excluding carboxylic acids is 3. The molecule has 0 spiro atoms. The predicted octanol–water partition coefficient (Wildman–Crippen LogP) is 1.91. The zero-order valence-electron chi connectivity index (χ0n) is 16.4. The Morgan fingerprint density at radius 3 is 2.55 bits per heavy atom. The van der Waals surface area contributed by atoms with Crippen LogP contribution in [0.25, 0.3) is 0 Å². The summed E-state index contributed by atoms with van der Waals surface area (Å²) >= 11 is 1.07. The summed E-state index contributed by atoms with van der Waals surface area (Å²) in [6.45, 7) is 3.51. The van der Waals surface area contributed by atoms with Crippen molar-refractivity contribution in [1.82, 2.24) is 10.5 Å². The van der Waals surface area contributed by atoms with Crippen LogP contribution in [0.4, 0.5) is 5.82 Å². The van der Waals surface area contributed by atoms with E-state index in [1.807, 2.05) is 12.1 Å². The maximum Gasteiger partial charge on any atom is 0.316 e. The molecule has 1 atom stereocenters. The first kappa shape index (κ1) is 22.3. The van der Waals surface area contributed by atoms with Gasteiger partial charge < -0.3 is 24.6 Å². The van der Waals surface area contributed by atoms with Crippen LogP contribution in [0.5, 0.6) is 5.75 Å². The van der Waals surface area contributed by atoms with Gasteiger partial charge in [-0.2, -0.15) is 0 Å². The fourth-order valence-electron chi connectivity index (χ4n) is 2.19. The van der Waals surface area contributed by atoms with Gasteiger partial charge in [-0.3, -0.25) is 14.4 Å². The topological polar surface area (TPSA) is 120 Å². The molecule has 0 unspecified atom stereocenters. The lowest BCUT2D eigenvalue weighted by Crippen LogP contribution is -2.35. The zero-order chi connectivity index (χ0) is 21.2. The minimum absolute atomic E-state index is 0.0407. The lowest BCUT2D eigenvalue weighted by molar-refractivity contribution is -0.152. The minimum Gasteiger partial charge on any atom is -0.497 e. The van der Waals surface area contributed by atoms with Crippen molar-refractivity contribution < 1.29 is 28.4 Å². The maximum absolute atomic E-state index is 12.1. The third kappa shape index (κ3) is 7.86. The smallest absolute Gasteiger partial charge is 0.316 e. The van der Waals surface area contributed by atoms with Gasteiger partial charge in [-0.15, -0.1) is 11.8 Å². The maximum atomic E-state index is 12.1. The van der Waals surface area contributed by atoms with Crippen LogP contribution in [-0.2, 0) is 25.7 Å². The van der Waals surface area contributed by atoms with Gasteiger partial charge in [-0.25, -0.2) is 0 Å². The number of thioether (sulfide) groups is 1. The molecule has 0 saturated heterocycles. The van der Waals surface area contributed by atoms with Gasteiger partial charge in [0.05, 0.1) is 18.6 Å². The highest BCUT2D eigenvalue weighted by atomic mass is 32.2. The highest BCUT2D eigenvalue weighted by molar-refractivity contribution is 8.00. The minimum atomic E-state index is -0.937. The fourth-order valence-corrected chi connectivity index (χ4v) is 2.79. The standard InChI is InChI=1S/C19H23N3O6S/c1-12-8-16(22-28-12)21-17(23)10-29-11-18(24)27-13(2)19(25)20-9-14-4-6-15(26-3)7-5-14/h4-8,13H,9-11H2,1-3H3,(H,20,25)(H,21,22,23)/t13-/m0/s1. The molecule has 29 heavy (non-hydrogen) atoms. The molecule has 2 rings (SSSR count). The average molecular weight is 421 g/mol. The Morgan fingerprint density at radius 2 is 1.93 bits per heavy atom. The van der Waals surface area contributed by atoms with Gasteiger partial charge in [-0.1, -0.05) is 17.3 Å². The number of aryl methyl sites for hydroxylation is 1. The molecular weight excluding hydrogens is 398 g/mol. The quantitative estimate of drug-likeness (QED) is 0.558. The molecular formula is C19H23N3O6S. The van der Waals surface area contributed by atoms with Gasteiger partial charge in [0.1, 0.15) is 11.5 Å². The summed E-state index contributed by atoms with van der Waals surface area (Å²) in [7, 11) is 1.58. The van der Waals surface area contributed by atoms with Crippen LogP contribution in [0.3, 0.4) is 0 Å². The van der Waals surface area contributed by atoms with Gasteiger partial charge in [0, 0.05) is 12.6 Å². The molecule has 2 N–H and O–H groups in total. The highest BCUT2D eigenvalue weighted by Gasteiger charge is 2.18. The molecule has 0 bridgehead atoms. The van der Waals surface area contributed by atoms with Crippen molar-refractivity contribution in [3.05, 3.63) is 41.7 Å². The molecule has 1 aromatic heterocycles. The molecule has 10 heteroatoms. The van der Waals surface area contributed by atoms with Gasteiger partial charge in [0.2, 0.25) is 5.91 Å². The number of esters is 1. The number of ether oxygens (including phenoxy) is 2. The van der Waals surface area contributed by atoms with E-state index in [2.05, 4.69) is 15.8 Å². The highest BCUT2D eigenvalue weighted by Crippen LogP contribution is 2.11. The van der Waals surface area contributed by atoms with E-state index in [0.29, 0.717) is 18.1 Å². The van der Waals surface area contributed by atoms with Crippen molar-refractivity contribution in [1.29, 1.82) is 0 Å². The Hall–Kier alpha value is -3.01. The number of anilines is 1. The van der Waals surface area contributed by atoms with E-state index in [0.717, 1.165) is 23.1 Å². The fraction of sp³-hybridized carbons (Fsp3) is 0.368. The van der Waals surface area contributed by atoms with Crippen LogP contribution >= 0.6 is 11.8 Å². The second-order valence-corrected chi connectivity index (χ2v) is 7.05. The average Bonchev–Trinajstić information content (AvgIpc) is 3.10. The summed E-state index contributed by atoms with van der Waals surface area (Å²) in [4.78, 5) is 35.7. The third-order valence-electron chi connectivity index (χ3n) is 3.65. The number of amides is 2. The number of hydrogen-bond donors (Lipinski definition) is 2. The van der Waals surface area contributed by atoms with Crippen molar-refractivity contribution in [2.45, 2.75) is 26.5 Å². The summed E-state index contributed by atoms with van der Waals surface area (Å²) in [6, 6.07) is 8.84. The molecule has 0 aliphatic heterocycles. The zero-order valence-corrected chi connectivity index (χ0v) is 17.2. The lowest BCUT2D eigenvalue weighted by Gasteiger charge is -2.13. The van der Waals surface area contributed by atoms with Crippen LogP contribution in [0.1, 0.15) is 18.2 Å². The lowest BCUT2D eigenvalue weighted by atomic mass is 10.2. The molecule has 0 aliphatic rings. The second kappa shape index (κ2) is 11.1. The summed E-state index contributed by atoms with van der Waals surface area (Å²) in [5.41, 5.74) is 0.890. The molecule has 2 aromatic rings. The van der Waals surface area contributed by atoms with E-state index in [1.54, 1.807) is 32.2 Å². The van der Waals surface area contributed by atoms with E-state index in [-0.39, 0.29) is 17.4 Å². The van der Waals surface area contributed by atoms with E-state index in [1.165, 1.54) is 6.92 Å². The number of nitrogens with zero attached hydrogens (tertiary/aromatic N) is 1. The molecule has 156 valence electrons. The monoisotopic (exact) mass is 421 g/mol. The summed E-state index contributed by atoms with van der Waals surface area (Å²) in [5.74, 6) is 0.311. The van der Waals surface area contributed by atoms with Gasteiger partial charge in [0.25, 0.3) is 5.91 Å². The van der Waals surface area contributed by atoms with E-state index < -0.39 is 18.0 Å². The Bertz CT molecular complexity index is 837. The molecule has 0 saturated carbocycles. The van der Waals surface area contributed by atoms with E-state index in [4.69, 9.17) is 14.0 Å². The van der Waals surface area contributed by atoms with Crippen molar-refractivity contribution in [2.75, 3.05) is 23.9 Å². The summed E-state index contributed by atoms with van der Waals surface area (Å²) < 4.78 is 15.0. The van der Waals surface area contributed by atoms with Crippen molar-refractivity contribution >= 4 is 35.4 Å². The molecule has 0 radical (unpaired) electrons. The van der Waals surface area contributed by atoms with Crippen LogP contribution in [-0.4, -0.2) is 47.7 Å². The second-order valence-electron chi connectivity index (χ2n) is 6.06. The number of carbonyl (C=O) groups is 3. The van der Waals surface area contributed by atoms with Gasteiger partial charge >= 0.3 is 5.97 Å². The SMILES string of the molecule is COc1ccc(CNC(=O)[C@H](C)OC(=O)CSCC(=O)Nc2cc(C)on2)cc1. The third-order valence-corrected chi connectivity index (χ3v) is 4.56. The normalized spacial score (nSPS) is 11.4. The van der Waals surface area contributed by atoms with Crippen LogP contribution < -0.4 is 15.4 Å². The van der Waals surface area contributed by atoms with Crippen molar-refractivity contribution in [3.63, 3.8) is 0 Å². The molecule has 0 aliphatic carbocycles. The molecule has 9 nitrogen and oxygen atoms in total. The van der Waals surface area contributed by atoms with E-state index in [9.17, 15) is 14.4 Å². The predicted molar refractivity (Wildman–Crippen MR) is 108 cm³/mol. The number of benzene rings is 1.